The highest BCUT2D eigenvalue weighted by atomic mass is 16.6. The van der Waals surface area contributed by atoms with Gasteiger partial charge in [-0.15, -0.1) is 0 Å². The van der Waals surface area contributed by atoms with Crippen molar-refractivity contribution in [3.63, 3.8) is 0 Å². The molecular formula is C15H27NO6. The topological polar surface area (TPSA) is 102 Å². The first-order valence-corrected chi connectivity index (χ1v) is 8.17. The highest BCUT2D eigenvalue weighted by molar-refractivity contribution is 5.04. The first kappa shape index (κ1) is 16.6. The average Bonchev–Trinajstić information content (AvgIpc) is 3.33. The van der Waals surface area contributed by atoms with Crippen LogP contribution in [-0.4, -0.2) is 96.3 Å². The summed E-state index contributed by atoms with van der Waals surface area (Å²) in [4.78, 5) is 2.02. The zero-order chi connectivity index (χ0) is 15.6. The fourth-order valence-corrected chi connectivity index (χ4v) is 3.46. The van der Waals surface area contributed by atoms with E-state index >= 15 is 0 Å². The summed E-state index contributed by atoms with van der Waals surface area (Å²) in [5.41, 5.74) is -0.542. The van der Waals surface area contributed by atoms with Crippen molar-refractivity contribution >= 4 is 0 Å². The molecule has 3 heterocycles. The van der Waals surface area contributed by atoms with Gasteiger partial charge in [0.05, 0.1) is 63.0 Å². The standard InChI is InChI=1S/C15H27NO6/c17-3-1-16(2-4-18)15(6-12-9-21-12,7-13-10-22-13)14(19)5-11-8-20-11/h11-14,17-19H,1-10H2. The minimum atomic E-state index is -0.591. The number of nitrogens with zero attached hydrogens (tertiary/aromatic N) is 1. The van der Waals surface area contributed by atoms with E-state index in [1.165, 1.54) is 0 Å². The van der Waals surface area contributed by atoms with Crippen LogP contribution in [0.1, 0.15) is 19.3 Å². The molecular weight excluding hydrogens is 290 g/mol. The summed E-state index contributed by atoms with van der Waals surface area (Å²) in [5, 5.41) is 29.8. The summed E-state index contributed by atoms with van der Waals surface area (Å²) in [6, 6.07) is 0. The summed E-state index contributed by atoms with van der Waals surface area (Å²) in [5.74, 6) is 0. The Labute approximate surface area is 130 Å². The molecule has 0 aromatic rings. The van der Waals surface area contributed by atoms with E-state index in [2.05, 4.69) is 0 Å². The number of aliphatic hydroxyl groups excluding tert-OH is 3. The summed E-state index contributed by atoms with van der Waals surface area (Å²) >= 11 is 0. The summed E-state index contributed by atoms with van der Waals surface area (Å²) in [6.45, 7) is 2.95. The molecule has 3 N–H and O–H groups in total. The predicted octanol–water partition coefficient (Wildman–Crippen LogP) is -1.26. The number of ether oxygens (including phenoxy) is 3. The van der Waals surface area contributed by atoms with E-state index in [1.54, 1.807) is 0 Å². The van der Waals surface area contributed by atoms with Crippen molar-refractivity contribution in [2.24, 2.45) is 0 Å². The van der Waals surface area contributed by atoms with Crippen LogP contribution in [0.3, 0.4) is 0 Å². The van der Waals surface area contributed by atoms with Crippen LogP contribution in [0.15, 0.2) is 0 Å². The Bertz CT molecular complexity index is 336. The smallest absolute Gasteiger partial charge is 0.0835 e. The van der Waals surface area contributed by atoms with Crippen LogP contribution in [0.4, 0.5) is 0 Å². The molecule has 3 rings (SSSR count). The van der Waals surface area contributed by atoms with Gasteiger partial charge in [-0.1, -0.05) is 0 Å². The molecule has 0 aromatic carbocycles. The third-order valence-corrected chi connectivity index (χ3v) is 4.85. The zero-order valence-electron chi connectivity index (χ0n) is 12.9. The summed E-state index contributed by atoms with van der Waals surface area (Å²) in [7, 11) is 0. The first-order chi connectivity index (χ1) is 10.7. The van der Waals surface area contributed by atoms with Crippen molar-refractivity contribution in [2.45, 2.75) is 49.2 Å². The van der Waals surface area contributed by atoms with Crippen LogP contribution in [-0.2, 0) is 14.2 Å². The lowest BCUT2D eigenvalue weighted by molar-refractivity contribution is -0.0678. The van der Waals surface area contributed by atoms with E-state index in [4.69, 9.17) is 14.2 Å². The lowest BCUT2D eigenvalue weighted by atomic mass is 9.79. The maximum Gasteiger partial charge on any atom is 0.0835 e. The number of aliphatic hydroxyl groups is 3. The fourth-order valence-electron chi connectivity index (χ4n) is 3.46. The van der Waals surface area contributed by atoms with Gasteiger partial charge in [0.15, 0.2) is 0 Å². The molecule has 0 bridgehead atoms. The molecule has 0 radical (unpaired) electrons. The van der Waals surface area contributed by atoms with Gasteiger partial charge in [0.1, 0.15) is 0 Å². The van der Waals surface area contributed by atoms with Gasteiger partial charge in [0, 0.05) is 19.5 Å². The molecule has 0 aliphatic carbocycles. The van der Waals surface area contributed by atoms with Crippen LogP contribution in [0.25, 0.3) is 0 Å². The Morgan fingerprint density at radius 3 is 1.73 bits per heavy atom. The van der Waals surface area contributed by atoms with E-state index in [0.717, 1.165) is 0 Å². The molecule has 0 saturated carbocycles. The van der Waals surface area contributed by atoms with Gasteiger partial charge in [-0.05, 0) is 12.8 Å². The SMILES string of the molecule is OCCN(CCO)C(CC1CO1)(CC1CO1)C(O)CC1CO1. The number of rotatable bonds is 12. The van der Waals surface area contributed by atoms with Crippen molar-refractivity contribution < 1.29 is 29.5 Å². The van der Waals surface area contributed by atoms with Crippen LogP contribution in [0, 0.1) is 0 Å². The minimum Gasteiger partial charge on any atom is -0.395 e. The maximum atomic E-state index is 11.0. The molecule has 3 aliphatic heterocycles. The van der Waals surface area contributed by atoms with Gasteiger partial charge < -0.3 is 29.5 Å². The normalized spacial score (nSPS) is 33.5. The molecule has 0 aromatic heterocycles. The van der Waals surface area contributed by atoms with Crippen LogP contribution >= 0.6 is 0 Å². The molecule has 3 saturated heterocycles. The zero-order valence-corrected chi connectivity index (χ0v) is 12.9. The second-order valence-corrected chi connectivity index (χ2v) is 6.56. The Hall–Kier alpha value is -0.280. The van der Waals surface area contributed by atoms with Gasteiger partial charge in [0.2, 0.25) is 0 Å². The maximum absolute atomic E-state index is 11.0. The second-order valence-electron chi connectivity index (χ2n) is 6.56. The molecule has 3 fully saturated rings. The Morgan fingerprint density at radius 2 is 1.36 bits per heavy atom. The molecule has 7 nitrogen and oxygen atoms in total. The molecule has 4 unspecified atom stereocenters. The third kappa shape index (κ3) is 4.17. The van der Waals surface area contributed by atoms with Crippen molar-refractivity contribution in [1.29, 1.82) is 0 Å². The van der Waals surface area contributed by atoms with E-state index in [9.17, 15) is 15.3 Å². The number of β-amino-alcohol motifs (C(OH)–C–C–N with tert-alkyl or cyclic N) is 2. The largest absolute Gasteiger partial charge is 0.395 e. The molecule has 0 spiro atoms. The van der Waals surface area contributed by atoms with Gasteiger partial charge >= 0.3 is 0 Å². The lowest BCUT2D eigenvalue weighted by Crippen LogP contribution is -2.60. The molecule has 22 heavy (non-hydrogen) atoms. The molecule has 4 atom stereocenters. The number of hydrogen-bond acceptors (Lipinski definition) is 7. The van der Waals surface area contributed by atoms with Gasteiger partial charge in [-0.3, -0.25) is 4.90 Å². The van der Waals surface area contributed by atoms with Crippen molar-refractivity contribution in [2.75, 3.05) is 46.1 Å². The summed E-state index contributed by atoms with van der Waals surface area (Å²) in [6.07, 6.45) is 1.79. The summed E-state index contributed by atoms with van der Waals surface area (Å²) < 4.78 is 16.1. The minimum absolute atomic E-state index is 0.00849. The Balaban J connectivity index is 1.79. The first-order valence-electron chi connectivity index (χ1n) is 8.17. The highest BCUT2D eigenvalue weighted by Gasteiger charge is 2.51. The van der Waals surface area contributed by atoms with E-state index in [0.29, 0.717) is 52.2 Å². The second kappa shape index (κ2) is 7.09. The van der Waals surface area contributed by atoms with E-state index in [-0.39, 0.29) is 31.5 Å². The molecule has 128 valence electrons. The van der Waals surface area contributed by atoms with Crippen molar-refractivity contribution in [3.05, 3.63) is 0 Å². The average molecular weight is 317 g/mol. The highest BCUT2D eigenvalue weighted by Crippen LogP contribution is 2.40. The molecule has 3 aliphatic rings. The number of epoxide rings is 3. The molecule has 7 heteroatoms. The van der Waals surface area contributed by atoms with Crippen LogP contribution in [0.2, 0.25) is 0 Å². The van der Waals surface area contributed by atoms with Crippen molar-refractivity contribution in [3.8, 4) is 0 Å². The van der Waals surface area contributed by atoms with Gasteiger partial charge in [0.25, 0.3) is 0 Å². The lowest BCUT2D eigenvalue weighted by Gasteiger charge is -2.47. The van der Waals surface area contributed by atoms with E-state index < -0.39 is 11.6 Å². The Kier molecular flexibility index (Phi) is 5.34. The van der Waals surface area contributed by atoms with E-state index in [1.807, 2.05) is 4.90 Å². The van der Waals surface area contributed by atoms with Gasteiger partial charge in [-0.2, -0.15) is 0 Å². The Morgan fingerprint density at radius 1 is 0.909 bits per heavy atom. The van der Waals surface area contributed by atoms with Crippen LogP contribution in [0.5, 0.6) is 0 Å². The third-order valence-electron chi connectivity index (χ3n) is 4.85. The monoisotopic (exact) mass is 317 g/mol. The number of hydrogen-bond donors (Lipinski definition) is 3. The quantitative estimate of drug-likeness (QED) is 0.386. The van der Waals surface area contributed by atoms with Crippen molar-refractivity contribution in [1.82, 2.24) is 4.90 Å². The van der Waals surface area contributed by atoms with Gasteiger partial charge in [-0.25, -0.2) is 0 Å². The fraction of sp³-hybridized carbons (Fsp3) is 1.00. The molecule has 0 amide bonds. The predicted molar refractivity (Wildman–Crippen MR) is 77.6 cm³/mol. The van der Waals surface area contributed by atoms with Crippen LogP contribution < -0.4 is 0 Å².